The van der Waals surface area contributed by atoms with Gasteiger partial charge in [0.1, 0.15) is 6.10 Å². The molecule has 0 aromatic heterocycles. The number of ether oxygens (including phenoxy) is 1. The highest BCUT2D eigenvalue weighted by atomic mass is 16.5. The smallest absolute Gasteiger partial charge is 0.334 e. The van der Waals surface area contributed by atoms with Gasteiger partial charge in [-0.3, -0.25) is 0 Å². The van der Waals surface area contributed by atoms with Crippen molar-refractivity contribution in [3.63, 3.8) is 0 Å². The number of aliphatic hydroxyl groups is 1. The molecule has 2 fully saturated rings. The van der Waals surface area contributed by atoms with Gasteiger partial charge in [-0.05, 0) is 60.8 Å². The lowest BCUT2D eigenvalue weighted by Crippen LogP contribution is -2.54. The van der Waals surface area contributed by atoms with Crippen LogP contribution in [0.2, 0.25) is 0 Å². The van der Waals surface area contributed by atoms with Crippen LogP contribution in [-0.4, -0.2) is 23.3 Å². The summed E-state index contributed by atoms with van der Waals surface area (Å²) < 4.78 is 5.60. The summed E-state index contributed by atoms with van der Waals surface area (Å²) in [7, 11) is 0. The first-order chi connectivity index (χ1) is 10.7. The van der Waals surface area contributed by atoms with Gasteiger partial charge in [0.05, 0.1) is 6.10 Å². The number of hydrogen-bond donors (Lipinski definition) is 1. The molecule has 0 aromatic carbocycles. The van der Waals surface area contributed by atoms with Crippen LogP contribution >= 0.6 is 0 Å². The maximum absolute atomic E-state index is 11.9. The number of carbonyl (C=O) groups excluding carboxylic acids is 1. The van der Waals surface area contributed by atoms with Gasteiger partial charge in [-0.1, -0.05) is 33.3 Å². The van der Waals surface area contributed by atoms with Gasteiger partial charge in [0.15, 0.2) is 0 Å². The Morgan fingerprint density at radius 1 is 1.22 bits per heavy atom. The lowest BCUT2D eigenvalue weighted by molar-refractivity contribution is -0.142. The van der Waals surface area contributed by atoms with Crippen molar-refractivity contribution in [1.82, 2.24) is 0 Å². The molecule has 126 valence electrons. The van der Waals surface area contributed by atoms with Crippen LogP contribution in [0.15, 0.2) is 22.8 Å². The molecule has 2 saturated carbocycles. The number of fused-ring (bicyclic) bond motifs is 4. The Bertz CT molecular complexity index is 627. The van der Waals surface area contributed by atoms with Crippen LogP contribution in [0.3, 0.4) is 0 Å². The summed E-state index contributed by atoms with van der Waals surface area (Å²) in [5, 5.41) is 10.8. The van der Waals surface area contributed by atoms with Crippen molar-refractivity contribution in [3.8, 4) is 0 Å². The zero-order valence-electron chi connectivity index (χ0n) is 14.7. The van der Waals surface area contributed by atoms with E-state index in [0.717, 1.165) is 29.6 Å². The van der Waals surface area contributed by atoms with Crippen LogP contribution in [0.1, 0.15) is 59.8 Å². The number of carbonyl (C=O) groups is 1. The van der Waals surface area contributed by atoms with Crippen molar-refractivity contribution in [1.29, 1.82) is 0 Å². The van der Waals surface area contributed by atoms with Crippen LogP contribution in [0, 0.1) is 22.7 Å². The normalized spacial score (nSPS) is 44.9. The Morgan fingerprint density at radius 3 is 2.70 bits per heavy atom. The molecule has 4 rings (SSSR count). The second kappa shape index (κ2) is 4.72. The van der Waals surface area contributed by atoms with Crippen LogP contribution in [0.25, 0.3) is 0 Å². The number of rotatable bonds is 0. The molecule has 3 heteroatoms. The summed E-state index contributed by atoms with van der Waals surface area (Å²) in [6.45, 7) is 8.99. The molecule has 23 heavy (non-hydrogen) atoms. The average molecular weight is 316 g/mol. The third-order valence-corrected chi connectivity index (χ3v) is 7.43. The van der Waals surface area contributed by atoms with E-state index in [0.29, 0.717) is 11.8 Å². The summed E-state index contributed by atoms with van der Waals surface area (Å²) in [6, 6.07) is 0. The molecule has 3 aliphatic carbocycles. The zero-order valence-corrected chi connectivity index (χ0v) is 14.7. The summed E-state index contributed by atoms with van der Waals surface area (Å²) in [4.78, 5) is 11.9. The highest BCUT2D eigenvalue weighted by Gasteiger charge is 2.57. The number of hydrogen-bond acceptors (Lipinski definition) is 3. The molecule has 1 N–H and O–H groups in total. The molecule has 1 aliphatic heterocycles. The van der Waals surface area contributed by atoms with E-state index >= 15 is 0 Å². The number of aliphatic hydroxyl groups excluding tert-OH is 1. The van der Waals surface area contributed by atoms with Crippen molar-refractivity contribution < 1.29 is 14.6 Å². The first-order valence-corrected chi connectivity index (χ1v) is 9.05. The lowest BCUT2D eigenvalue weighted by atomic mass is 9.45. The average Bonchev–Trinajstić information content (AvgIpc) is 2.75. The molecule has 3 nitrogen and oxygen atoms in total. The second-order valence-electron chi connectivity index (χ2n) is 9.06. The number of esters is 1. The van der Waals surface area contributed by atoms with E-state index in [9.17, 15) is 9.90 Å². The van der Waals surface area contributed by atoms with Gasteiger partial charge in [-0.15, -0.1) is 0 Å². The molecule has 0 spiro atoms. The molecular weight excluding hydrogens is 288 g/mol. The Balaban J connectivity index is 1.79. The zero-order chi connectivity index (χ0) is 16.6. The fourth-order valence-corrected chi connectivity index (χ4v) is 6.16. The minimum atomic E-state index is -0.368. The van der Waals surface area contributed by atoms with E-state index in [-0.39, 0.29) is 29.0 Å². The molecule has 0 unspecified atom stereocenters. The highest BCUT2D eigenvalue weighted by Crippen LogP contribution is 2.63. The van der Waals surface area contributed by atoms with Gasteiger partial charge in [0, 0.05) is 11.1 Å². The topological polar surface area (TPSA) is 46.5 Å². The summed E-state index contributed by atoms with van der Waals surface area (Å²) in [6.07, 6.45) is 7.07. The van der Waals surface area contributed by atoms with E-state index in [4.69, 9.17) is 4.74 Å². The van der Waals surface area contributed by atoms with Crippen molar-refractivity contribution in [2.24, 2.45) is 22.7 Å². The van der Waals surface area contributed by atoms with E-state index < -0.39 is 0 Å². The van der Waals surface area contributed by atoms with Gasteiger partial charge in [0.2, 0.25) is 0 Å². The van der Waals surface area contributed by atoms with E-state index in [2.05, 4.69) is 26.8 Å². The molecule has 1 heterocycles. The largest absolute Gasteiger partial charge is 0.454 e. The standard InChI is InChI=1S/C20H28O3/c1-11-12-8-13-14(9-16(12)23-18(11)22)20(4)7-5-6-19(2,3)17(20)10-15(13)21/h8,14-17,21H,5-7,9-10H2,1-4H3/t14-,15+,16-,17-,20+/m1/s1. The van der Waals surface area contributed by atoms with Crippen LogP contribution < -0.4 is 0 Å². The first kappa shape index (κ1) is 15.4. The predicted octanol–water partition coefficient (Wildman–Crippen LogP) is 3.77. The maximum atomic E-state index is 11.9. The molecule has 4 aliphatic rings. The molecule has 0 saturated heterocycles. The summed E-state index contributed by atoms with van der Waals surface area (Å²) in [5.41, 5.74) is 3.38. The van der Waals surface area contributed by atoms with Crippen molar-refractivity contribution in [3.05, 3.63) is 22.8 Å². The van der Waals surface area contributed by atoms with Gasteiger partial charge >= 0.3 is 5.97 Å². The van der Waals surface area contributed by atoms with Crippen LogP contribution in [0.5, 0.6) is 0 Å². The van der Waals surface area contributed by atoms with Gasteiger partial charge in [-0.2, -0.15) is 0 Å². The van der Waals surface area contributed by atoms with E-state index in [1.165, 1.54) is 19.3 Å². The van der Waals surface area contributed by atoms with Crippen LogP contribution in [-0.2, 0) is 9.53 Å². The van der Waals surface area contributed by atoms with E-state index in [1.54, 1.807) is 0 Å². The van der Waals surface area contributed by atoms with Gasteiger partial charge in [-0.25, -0.2) is 4.79 Å². The summed E-state index contributed by atoms with van der Waals surface area (Å²) in [5.74, 6) is 0.688. The Morgan fingerprint density at radius 2 is 1.96 bits per heavy atom. The minimum Gasteiger partial charge on any atom is -0.454 e. The third kappa shape index (κ3) is 2.02. The third-order valence-electron chi connectivity index (χ3n) is 7.43. The molecular formula is C20H28O3. The monoisotopic (exact) mass is 316 g/mol. The quantitative estimate of drug-likeness (QED) is 0.692. The Kier molecular flexibility index (Phi) is 3.17. The lowest BCUT2D eigenvalue weighted by Gasteiger charge is -2.60. The van der Waals surface area contributed by atoms with Gasteiger partial charge < -0.3 is 9.84 Å². The molecule has 0 amide bonds. The first-order valence-electron chi connectivity index (χ1n) is 9.05. The van der Waals surface area contributed by atoms with Crippen LogP contribution in [0.4, 0.5) is 0 Å². The minimum absolute atomic E-state index is 0.0935. The molecule has 0 radical (unpaired) electrons. The fraction of sp³-hybridized carbons (Fsp3) is 0.750. The SMILES string of the molecule is CC1=C2C=C3[C@@H](C[C@H]2OC1=O)[C@]1(C)CCCC(C)(C)[C@H]1C[C@@H]3O. The van der Waals surface area contributed by atoms with Crippen molar-refractivity contribution in [2.75, 3.05) is 0 Å². The second-order valence-corrected chi connectivity index (χ2v) is 9.06. The molecule has 0 bridgehead atoms. The summed E-state index contributed by atoms with van der Waals surface area (Å²) >= 11 is 0. The fourth-order valence-electron chi connectivity index (χ4n) is 6.16. The van der Waals surface area contributed by atoms with Gasteiger partial charge in [0.25, 0.3) is 0 Å². The molecule has 5 atom stereocenters. The van der Waals surface area contributed by atoms with Crippen molar-refractivity contribution in [2.45, 2.75) is 72.0 Å². The highest BCUT2D eigenvalue weighted by molar-refractivity contribution is 5.92. The van der Waals surface area contributed by atoms with Crippen molar-refractivity contribution >= 4 is 5.97 Å². The maximum Gasteiger partial charge on any atom is 0.334 e. The predicted molar refractivity (Wildman–Crippen MR) is 88.6 cm³/mol. The van der Waals surface area contributed by atoms with E-state index in [1.807, 2.05) is 6.92 Å². The molecule has 0 aromatic rings. The Hall–Kier alpha value is -1.09. The Labute approximate surface area is 138 Å².